The highest BCUT2D eigenvalue weighted by Gasteiger charge is 2.36. The van der Waals surface area contributed by atoms with Crippen LogP contribution < -0.4 is 0 Å². The molecule has 2 aliphatic carbocycles. The van der Waals surface area contributed by atoms with Gasteiger partial charge in [0.05, 0.1) is 0 Å². The third-order valence-corrected chi connectivity index (χ3v) is 5.96. The van der Waals surface area contributed by atoms with Crippen molar-refractivity contribution in [1.82, 2.24) is 0 Å². The monoisotopic (exact) mass is 292 g/mol. The van der Waals surface area contributed by atoms with Crippen LogP contribution in [-0.4, -0.2) is 10.9 Å². The number of hydrogen-bond acceptors (Lipinski definition) is 2. The van der Waals surface area contributed by atoms with Crippen LogP contribution >= 0.6 is 0 Å². The van der Waals surface area contributed by atoms with E-state index >= 15 is 0 Å². The van der Waals surface area contributed by atoms with Crippen molar-refractivity contribution in [2.75, 3.05) is 0 Å². The molecule has 0 aromatic carbocycles. The van der Waals surface area contributed by atoms with Crippen LogP contribution in [0.1, 0.15) is 85.5 Å². The summed E-state index contributed by atoms with van der Waals surface area (Å²) >= 11 is 0. The lowest BCUT2D eigenvalue weighted by molar-refractivity contribution is -0.121. The zero-order valence-corrected chi connectivity index (χ0v) is 14.3. The molecule has 0 aliphatic heterocycles. The van der Waals surface area contributed by atoms with E-state index in [0.29, 0.717) is 16.7 Å². The van der Waals surface area contributed by atoms with Crippen molar-refractivity contribution in [2.45, 2.75) is 85.5 Å². The summed E-state index contributed by atoms with van der Waals surface area (Å²) in [6, 6.07) is 0. The molecule has 2 aliphatic rings. The van der Waals surface area contributed by atoms with Crippen LogP contribution in [0.2, 0.25) is 0 Å². The Kier molecular flexibility index (Phi) is 4.85. The molecule has 0 saturated heterocycles. The zero-order chi connectivity index (χ0) is 15.7. The lowest BCUT2D eigenvalue weighted by Crippen LogP contribution is -2.29. The molecule has 0 spiro atoms. The Morgan fingerprint density at radius 3 is 2.00 bits per heavy atom. The van der Waals surface area contributed by atoms with Gasteiger partial charge in [0.15, 0.2) is 5.78 Å². The Morgan fingerprint density at radius 1 is 0.952 bits per heavy atom. The largest absolute Gasteiger partial charge is 0.511 e. The van der Waals surface area contributed by atoms with Crippen LogP contribution in [0.4, 0.5) is 0 Å². The molecule has 0 aromatic heterocycles. The first-order chi connectivity index (χ1) is 9.75. The molecule has 0 radical (unpaired) electrons. The predicted octanol–water partition coefficient (Wildman–Crippen LogP) is 5.57. The molecule has 2 heteroatoms. The SMILES string of the molecule is CC(C(=O)C1CCC(C)(C)CC1)=C(O)C1(C)CCCCC1. The Morgan fingerprint density at radius 2 is 1.48 bits per heavy atom. The highest BCUT2D eigenvalue weighted by molar-refractivity contribution is 5.97. The molecule has 0 atom stereocenters. The summed E-state index contributed by atoms with van der Waals surface area (Å²) in [5.74, 6) is 0.721. The topological polar surface area (TPSA) is 37.3 Å². The number of aliphatic hydroxyl groups is 1. The fourth-order valence-electron chi connectivity index (χ4n) is 4.11. The number of carbonyl (C=O) groups is 1. The maximum Gasteiger partial charge on any atom is 0.165 e. The molecule has 2 saturated carbocycles. The number of allylic oxidation sites excluding steroid dienone is 2. The van der Waals surface area contributed by atoms with Gasteiger partial charge in [-0.3, -0.25) is 4.79 Å². The summed E-state index contributed by atoms with van der Waals surface area (Å²) in [5.41, 5.74) is 0.863. The molecule has 0 amide bonds. The molecule has 0 heterocycles. The second kappa shape index (κ2) is 6.14. The molecule has 120 valence electrons. The lowest BCUT2D eigenvalue weighted by atomic mass is 9.69. The summed E-state index contributed by atoms with van der Waals surface area (Å²) in [6.07, 6.45) is 9.82. The number of hydrogen-bond donors (Lipinski definition) is 1. The summed E-state index contributed by atoms with van der Waals surface area (Å²) in [4.78, 5) is 12.7. The average molecular weight is 292 g/mol. The molecule has 2 fully saturated rings. The van der Waals surface area contributed by atoms with Gasteiger partial charge in [0, 0.05) is 16.9 Å². The maximum atomic E-state index is 12.7. The predicted molar refractivity (Wildman–Crippen MR) is 87.3 cm³/mol. The van der Waals surface area contributed by atoms with Gasteiger partial charge in [-0.15, -0.1) is 0 Å². The summed E-state index contributed by atoms with van der Waals surface area (Å²) in [5, 5.41) is 10.7. The average Bonchev–Trinajstić information content (AvgIpc) is 2.46. The number of ketones is 1. The van der Waals surface area contributed by atoms with E-state index in [9.17, 15) is 9.90 Å². The van der Waals surface area contributed by atoms with E-state index in [4.69, 9.17) is 0 Å². The Labute approximate surface area is 130 Å². The molecule has 1 N–H and O–H groups in total. The highest BCUT2D eigenvalue weighted by Crippen LogP contribution is 2.44. The minimum Gasteiger partial charge on any atom is -0.511 e. The Hall–Kier alpha value is -0.790. The molecule has 0 aromatic rings. The normalized spacial score (nSPS) is 27.0. The van der Waals surface area contributed by atoms with E-state index in [1.165, 1.54) is 19.3 Å². The second-order valence-corrected chi connectivity index (χ2v) is 8.40. The van der Waals surface area contributed by atoms with Crippen LogP contribution in [0.25, 0.3) is 0 Å². The van der Waals surface area contributed by atoms with Crippen molar-refractivity contribution < 1.29 is 9.90 Å². The molecule has 21 heavy (non-hydrogen) atoms. The van der Waals surface area contributed by atoms with Crippen molar-refractivity contribution in [1.29, 1.82) is 0 Å². The summed E-state index contributed by atoms with van der Waals surface area (Å²) in [6.45, 7) is 8.55. The van der Waals surface area contributed by atoms with Crippen molar-refractivity contribution in [3.05, 3.63) is 11.3 Å². The van der Waals surface area contributed by atoms with Gasteiger partial charge in [0.25, 0.3) is 0 Å². The molecule has 0 bridgehead atoms. The van der Waals surface area contributed by atoms with Crippen LogP contribution in [0.3, 0.4) is 0 Å². The minimum absolute atomic E-state index is 0.132. The van der Waals surface area contributed by atoms with Gasteiger partial charge in [0.2, 0.25) is 0 Å². The quantitative estimate of drug-likeness (QED) is 0.545. The number of Topliss-reactive ketones (excluding diaryl/α,β-unsaturated/α-hetero) is 1. The minimum atomic E-state index is -0.161. The Bertz CT molecular complexity index is 415. The van der Waals surface area contributed by atoms with Gasteiger partial charge in [-0.1, -0.05) is 40.0 Å². The molecular formula is C19H32O2. The zero-order valence-electron chi connectivity index (χ0n) is 14.3. The van der Waals surface area contributed by atoms with Crippen molar-refractivity contribution in [3.63, 3.8) is 0 Å². The maximum absolute atomic E-state index is 12.7. The highest BCUT2D eigenvalue weighted by atomic mass is 16.3. The van der Waals surface area contributed by atoms with E-state index in [0.717, 1.165) is 38.5 Å². The smallest absolute Gasteiger partial charge is 0.165 e. The van der Waals surface area contributed by atoms with Gasteiger partial charge in [-0.25, -0.2) is 0 Å². The standard InChI is InChI=1S/C19H32O2/c1-14(17(21)19(4)10-6-5-7-11-19)16(20)15-8-12-18(2,3)13-9-15/h15,21H,5-13H2,1-4H3. The second-order valence-electron chi connectivity index (χ2n) is 8.40. The molecule has 2 rings (SSSR count). The van der Waals surface area contributed by atoms with Crippen LogP contribution in [-0.2, 0) is 4.79 Å². The van der Waals surface area contributed by atoms with Gasteiger partial charge in [-0.2, -0.15) is 0 Å². The van der Waals surface area contributed by atoms with Gasteiger partial charge < -0.3 is 5.11 Å². The summed E-state index contributed by atoms with van der Waals surface area (Å²) in [7, 11) is 0. The van der Waals surface area contributed by atoms with Gasteiger partial charge >= 0.3 is 0 Å². The van der Waals surface area contributed by atoms with E-state index < -0.39 is 0 Å². The fourth-order valence-corrected chi connectivity index (χ4v) is 4.11. The first kappa shape index (κ1) is 16.6. The molecule has 0 unspecified atom stereocenters. The molecule has 2 nitrogen and oxygen atoms in total. The number of carbonyl (C=O) groups excluding carboxylic acids is 1. The van der Waals surface area contributed by atoms with E-state index in [-0.39, 0.29) is 17.1 Å². The first-order valence-corrected chi connectivity index (χ1v) is 8.70. The Balaban J connectivity index is 2.09. The molecular weight excluding hydrogens is 260 g/mol. The number of rotatable bonds is 3. The van der Waals surface area contributed by atoms with E-state index in [2.05, 4.69) is 20.8 Å². The van der Waals surface area contributed by atoms with Crippen LogP contribution in [0.15, 0.2) is 11.3 Å². The van der Waals surface area contributed by atoms with Crippen molar-refractivity contribution in [3.8, 4) is 0 Å². The van der Waals surface area contributed by atoms with E-state index in [1.54, 1.807) is 0 Å². The third kappa shape index (κ3) is 3.70. The van der Waals surface area contributed by atoms with Crippen LogP contribution in [0.5, 0.6) is 0 Å². The lowest BCUT2D eigenvalue weighted by Gasteiger charge is -2.36. The summed E-state index contributed by atoms with van der Waals surface area (Å²) < 4.78 is 0. The van der Waals surface area contributed by atoms with E-state index in [1.807, 2.05) is 6.92 Å². The van der Waals surface area contributed by atoms with Crippen molar-refractivity contribution in [2.24, 2.45) is 16.7 Å². The van der Waals surface area contributed by atoms with Crippen LogP contribution in [0, 0.1) is 16.7 Å². The fraction of sp³-hybridized carbons (Fsp3) is 0.842. The van der Waals surface area contributed by atoms with Gasteiger partial charge in [0.1, 0.15) is 5.76 Å². The number of aliphatic hydroxyl groups excluding tert-OH is 1. The van der Waals surface area contributed by atoms with Crippen molar-refractivity contribution >= 4 is 5.78 Å². The third-order valence-electron chi connectivity index (χ3n) is 5.96. The first-order valence-electron chi connectivity index (χ1n) is 8.70. The van der Waals surface area contributed by atoms with Gasteiger partial charge in [-0.05, 0) is 50.9 Å².